The first-order valence-electron chi connectivity index (χ1n) is 6.30. The Bertz CT molecular complexity index is 468. The monoisotopic (exact) mass is 261 g/mol. The van der Waals surface area contributed by atoms with E-state index in [4.69, 9.17) is 0 Å². The van der Waals surface area contributed by atoms with Crippen molar-refractivity contribution < 1.29 is 14.4 Å². The first kappa shape index (κ1) is 15.1. The normalized spacial score (nSPS) is 13.4. The second-order valence-electron chi connectivity index (χ2n) is 4.70. The zero-order valence-corrected chi connectivity index (χ0v) is 11.5. The molecule has 0 fully saturated rings. The number of carbonyl (C=O) groups excluding carboxylic acids is 3. The van der Waals surface area contributed by atoms with Crippen molar-refractivity contribution in [1.82, 2.24) is 5.32 Å². The van der Waals surface area contributed by atoms with Gasteiger partial charge in [0.2, 0.25) is 0 Å². The molecule has 0 bridgehead atoms. The van der Waals surface area contributed by atoms with Gasteiger partial charge in [-0.3, -0.25) is 14.4 Å². The Kier molecular flexibility index (Phi) is 5.42. The average Bonchev–Trinajstić information content (AvgIpc) is 2.43. The standard InChI is InChI=1S/C15H19NO3/c1-10(12(3)17)11(2)14(18)9-16-15(19)13-7-5-4-6-8-13/h4-8,10-11H,9H2,1-3H3,(H,16,19). The van der Waals surface area contributed by atoms with Crippen LogP contribution in [0.15, 0.2) is 30.3 Å². The summed E-state index contributed by atoms with van der Waals surface area (Å²) in [5.41, 5.74) is 0.516. The van der Waals surface area contributed by atoms with E-state index >= 15 is 0 Å². The third-order valence-corrected chi connectivity index (χ3v) is 3.36. The van der Waals surface area contributed by atoms with Crippen LogP contribution in [0.3, 0.4) is 0 Å². The van der Waals surface area contributed by atoms with Crippen LogP contribution in [0.4, 0.5) is 0 Å². The van der Waals surface area contributed by atoms with Crippen LogP contribution < -0.4 is 5.32 Å². The molecule has 0 heterocycles. The van der Waals surface area contributed by atoms with Crippen molar-refractivity contribution in [2.45, 2.75) is 20.8 Å². The molecular weight excluding hydrogens is 242 g/mol. The lowest BCUT2D eigenvalue weighted by molar-refractivity contribution is -0.129. The Morgan fingerprint density at radius 2 is 1.63 bits per heavy atom. The molecule has 0 aliphatic rings. The summed E-state index contributed by atoms with van der Waals surface area (Å²) in [4.78, 5) is 34.8. The van der Waals surface area contributed by atoms with E-state index in [1.54, 1.807) is 38.1 Å². The molecule has 0 aliphatic carbocycles. The third-order valence-electron chi connectivity index (χ3n) is 3.36. The summed E-state index contributed by atoms with van der Waals surface area (Å²) in [5.74, 6) is -1.13. The van der Waals surface area contributed by atoms with Crippen molar-refractivity contribution in [3.63, 3.8) is 0 Å². The lowest BCUT2D eigenvalue weighted by Crippen LogP contribution is -2.35. The Morgan fingerprint density at radius 1 is 1.05 bits per heavy atom. The number of rotatable bonds is 6. The van der Waals surface area contributed by atoms with Crippen LogP contribution in [-0.2, 0) is 9.59 Å². The molecule has 2 atom stereocenters. The maximum absolute atomic E-state index is 11.9. The topological polar surface area (TPSA) is 63.2 Å². The van der Waals surface area contributed by atoms with E-state index in [9.17, 15) is 14.4 Å². The third kappa shape index (κ3) is 4.32. The quantitative estimate of drug-likeness (QED) is 0.850. The molecule has 0 aromatic heterocycles. The number of hydrogen-bond acceptors (Lipinski definition) is 3. The van der Waals surface area contributed by atoms with E-state index in [2.05, 4.69) is 5.32 Å². The van der Waals surface area contributed by atoms with Gasteiger partial charge >= 0.3 is 0 Å². The summed E-state index contributed by atoms with van der Waals surface area (Å²) in [5, 5.41) is 2.57. The molecule has 0 saturated carbocycles. The first-order valence-corrected chi connectivity index (χ1v) is 6.30. The first-order chi connectivity index (χ1) is 8.93. The molecule has 1 amide bonds. The Hall–Kier alpha value is -1.97. The number of benzene rings is 1. The highest BCUT2D eigenvalue weighted by Gasteiger charge is 2.23. The van der Waals surface area contributed by atoms with Gasteiger partial charge in [-0.2, -0.15) is 0 Å². The van der Waals surface area contributed by atoms with Crippen LogP contribution in [0.1, 0.15) is 31.1 Å². The zero-order chi connectivity index (χ0) is 14.4. The van der Waals surface area contributed by atoms with Gasteiger partial charge in [0.25, 0.3) is 5.91 Å². The van der Waals surface area contributed by atoms with E-state index in [0.29, 0.717) is 5.56 Å². The Morgan fingerprint density at radius 3 is 2.16 bits per heavy atom. The van der Waals surface area contributed by atoms with E-state index in [0.717, 1.165) is 0 Å². The highest BCUT2D eigenvalue weighted by Crippen LogP contribution is 2.12. The molecule has 1 aromatic carbocycles. The van der Waals surface area contributed by atoms with Gasteiger partial charge in [0.05, 0.1) is 6.54 Å². The van der Waals surface area contributed by atoms with Crippen molar-refractivity contribution in [3.8, 4) is 0 Å². The largest absolute Gasteiger partial charge is 0.345 e. The lowest BCUT2D eigenvalue weighted by Gasteiger charge is -2.16. The molecule has 0 radical (unpaired) electrons. The molecular formula is C15H19NO3. The molecule has 1 rings (SSSR count). The summed E-state index contributed by atoms with van der Waals surface area (Å²) in [7, 11) is 0. The number of hydrogen-bond donors (Lipinski definition) is 1. The van der Waals surface area contributed by atoms with Gasteiger partial charge in [-0.25, -0.2) is 0 Å². The highest BCUT2D eigenvalue weighted by molar-refractivity contribution is 5.97. The van der Waals surface area contributed by atoms with Gasteiger partial charge in [0.15, 0.2) is 5.78 Å². The minimum atomic E-state index is -0.381. The predicted molar refractivity (Wildman–Crippen MR) is 72.8 cm³/mol. The van der Waals surface area contributed by atoms with Crippen molar-refractivity contribution in [3.05, 3.63) is 35.9 Å². The summed E-state index contributed by atoms with van der Waals surface area (Å²) >= 11 is 0. The van der Waals surface area contributed by atoms with Crippen LogP contribution in [0.2, 0.25) is 0 Å². The van der Waals surface area contributed by atoms with E-state index in [1.807, 2.05) is 6.07 Å². The SMILES string of the molecule is CC(=O)C(C)C(C)C(=O)CNC(=O)c1ccccc1. The molecule has 19 heavy (non-hydrogen) atoms. The fraction of sp³-hybridized carbons (Fsp3) is 0.400. The van der Waals surface area contributed by atoms with Crippen LogP contribution in [0, 0.1) is 11.8 Å². The fourth-order valence-corrected chi connectivity index (χ4v) is 1.65. The van der Waals surface area contributed by atoms with Gasteiger partial charge in [-0.15, -0.1) is 0 Å². The maximum atomic E-state index is 11.9. The van der Waals surface area contributed by atoms with Crippen LogP contribution in [-0.4, -0.2) is 24.0 Å². The maximum Gasteiger partial charge on any atom is 0.251 e. The number of ketones is 2. The van der Waals surface area contributed by atoms with E-state index < -0.39 is 0 Å². The molecule has 2 unspecified atom stereocenters. The smallest absolute Gasteiger partial charge is 0.251 e. The van der Waals surface area contributed by atoms with Crippen molar-refractivity contribution in [1.29, 1.82) is 0 Å². The van der Waals surface area contributed by atoms with Gasteiger partial charge < -0.3 is 5.32 Å². The molecule has 4 nitrogen and oxygen atoms in total. The second kappa shape index (κ2) is 6.83. The van der Waals surface area contributed by atoms with Crippen molar-refractivity contribution in [2.75, 3.05) is 6.54 Å². The van der Waals surface area contributed by atoms with E-state index in [1.165, 1.54) is 6.92 Å². The predicted octanol–water partition coefficient (Wildman–Crippen LogP) is 1.85. The van der Waals surface area contributed by atoms with Crippen LogP contribution in [0.25, 0.3) is 0 Å². The second-order valence-corrected chi connectivity index (χ2v) is 4.70. The van der Waals surface area contributed by atoms with E-state index in [-0.39, 0.29) is 35.9 Å². The number of carbonyl (C=O) groups is 3. The lowest BCUT2D eigenvalue weighted by atomic mass is 9.89. The van der Waals surface area contributed by atoms with Gasteiger partial charge in [0.1, 0.15) is 5.78 Å². The number of nitrogens with one attached hydrogen (secondary N) is 1. The molecule has 1 N–H and O–H groups in total. The number of Topliss-reactive ketones (excluding diaryl/α,β-unsaturated/α-hetero) is 2. The summed E-state index contributed by atoms with van der Waals surface area (Å²) in [6.07, 6.45) is 0. The molecule has 1 aromatic rings. The minimum absolute atomic E-state index is 0.0183. The van der Waals surface area contributed by atoms with Gasteiger partial charge in [-0.1, -0.05) is 32.0 Å². The average molecular weight is 261 g/mol. The summed E-state index contributed by atoms with van der Waals surface area (Å²) < 4.78 is 0. The summed E-state index contributed by atoms with van der Waals surface area (Å²) in [6.45, 7) is 4.86. The highest BCUT2D eigenvalue weighted by atomic mass is 16.2. The van der Waals surface area contributed by atoms with Crippen LogP contribution in [0.5, 0.6) is 0 Å². The number of amides is 1. The molecule has 0 saturated heterocycles. The summed E-state index contributed by atoms with van der Waals surface area (Å²) in [6, 6.07) is 8.70. The van der Waals surface area contributed by atoms with Crippen LogP contribution >= 0.6 is 0 Å². The van der Waals surface area contributed by atoms with Gasteiger partial charge in [-0.05, 0) is 19.1 Å². The Balaban J connectivity index is 2.51. The van der Waals surface area contributed by atoms with Crippen molar-refractivity contribution >= 4 is 17.5 Å². The fourth-order valence-electron chi connectivity index (χ4n) is 1.65. The zero-order valence-electron chi connectivity index (χ0n) is 11.5. The molecule has 4 heteroatoms. The van der Waals surface area contributed by atoms with Crippen molar-refractivity contribution in [2.24, 2.45) is 11.8 Å². The van der Waals surface area contributed by atoms with Gasteiger partial charge in [0, 0.05) is 17.4 Å². The molecule has 102 valence electrons. The minimum Gasteiger partial charge on any atom is -0.345 e. The molecule has 0 spiro atoms. The molecule has 0 aliphatic heterocycles. The Labute approximate surface area is 113 Å².